The molecule has 1 aromatic heterocycles. The molecule has 6 nitrogen and oxygen atoms in total. The van der Waals surface area contributed by atoms with Crippen LogP contribution in [-0.4, -0.2) is 21.6 Å². The molecule has 0 spiro atoms. The second-order valence-electron chi connectivity index (χ2n) is 5.67. The zero-order valence-electron chi connectivity index (χ0n) is 11.4. The summed E-state index contributed by atoms with van der Waals surface area (Å²) in [5.74, 6) is 0. The van der Waals surface area contributed by atoms with E-state index in [1.165, 1.54) is 0 Å². The van der Waals surface area contributed by atoms with Crippen molar-refractivity contribution >= 4 is 6.09 Å². The molecule has 0 aliphatic carbocycles. The van der Waals surface area contributed by atoms with Crippen molar-refractivity contribution < 1.29 is 9.53 Å². The van der Waals surface area contributed by atoms with Gasteiger partial charge in [-0.15, -0.1) is 0 Å². The van der Waals surface area contributed by atoms with Crippen molar-refractivity contribution in [2.24, 2.45) is 5.73 Å². The monoisotopic (exact) mass is 265 g/mol. The van der Waals surface area contributed by atoms with E-state index in [9.17, 15) is 9.59 Å². The second-order valence-corrected chi connectivity index (χ2v) is 5.67. The Morgan fingerprint density at radius 3 is 2.74 bits per heavy atom. The van der Waals surface area contributed by atoms with Crippen LogP contribution >= 0.6 is 0 Å². The average molecular weight is 265 g/mol. The smallest absolute Gasteiger partial charge is 0.410 e. The number of ether oxygens (including phenoxy) is 1. The molecule has 0 radical (unpaired) electrons. The van der Waals surface area contributed by atoms with E-state index in [1.807, 2.05) is 20.8 Å². The molecule has 0 atom stereocenters. The maximum atomic E-state index is 12.0. The molecular weight excluding hydrogens is 246 g/mol. The van der Waals surface area contributed by atoms with Crippen LogP contribution in [0.2, 0.25) is 0 Å². The van der Waals surface area contributed by atoms with Crippen LogP contribution in [0.15, 0.2) is 10.9 Å². The molecule has 19 heavy (non-hydrogen) atoms. The Balaban J connectivity index is 2.16. The molecule has 3 N–H and O–H groups in total. The van der Waals surface area contributed by atoms with Gasteiger partial charge in [0.25, 0.3) is 5.56 Å². The van der Waals surface area contributed by atoms with Crippen molar-refractivity contribution in [1.29, 1.82) is 0 Å². The first-order valence-corrected chi connectivity index (χ1v) is 6.22. The van der Waals surface area contributed by atoms with Gasteiger partial charge in [-0.3, -0.25) is 9.69 Å². The normalized spacial score (nSPS) is 14.4. The molecule has 1 amide bonds. The summed E-state index contributed by atoms with van der Waals surface area (Å²) in [6.45, 7) is 6.46. The molecule has 0 saturated carbocycles. The third kappa shape index (κ3) is 2.96. The number of aromatic nitrogens is 1. The van der Waals surface area contributed by atoms with E-state index in [4.69, 9.17) is 10.5 Å². The highest BCUT2D eigenvalue weighted by Crippen LogP contribution is 2.22. The van der Waals surface area contributed by atoms with E-state index in [1.54, 1.807) is 11.0 Å². The van der Waals surface area contributed by atoms with E-state index in [-0.39, 0.29) is 18.2 Å². The van der Waals surface area contributed by atoms with Crippen LogP contribution in [0.5, 0.6) is 0 Å². The number of hydrogen-bond acceptors (Lipinski definition) is 4. The van der Waals surface area contributed by atoms with Crippen LogP contribution < -0.4 is 11.3 Å². The van der Waals surface area contributed by atoms with Crippen molar-refractivity contribution in [1.82, 2.24) is 9.88 Å². The summed E-state index contributed by atoms with van der Waals surface area (Å²) in [6, 6.07) is 1.76. The summed E-state index contributed by atoms with van der Waals surface area (Å²) >= 11 is 0. The number of fused-ring (bicyclic) bond motifs is 1. The Morgan fingerprint density at radius 1 is 1.47 bits per heavy atom. The lowest BCUT2D eigenvalue weighted by molar-refractivity contribution is 0.0240. The minimum atomic E-state index is -0.526. The first kappa shape index (κ1) is 13.6. The van der Waals surface area contributed by atoms with Gasteiger partial charge in [0, 0.05) is 17.8 Å². The number of carbonyl (C=O) groups is 1. The van der Waals surface area contributed by atoms with E-state index >= 15 is 0 Å². The number of nitrogens with zero attached hydrogens (tertiary/aromatic N) is 1. The molecule has 1 aliphatic rings. The van der Waals surface area contributed by atoms with E-state index in [0.717, 1.165) is 11.3 Å². The molecule has 2 rings (SSSR count). The Bertz CT molecular complexity index is 557. The van der Waals surface area contributed by atoms with Crippen molar-refractivity contribution in [3.63, 3.8) is 0 Å². The molecule has 104 valence electrons. The van der Waals surface area contributed by atoms with Crippen molar-refractivity contribution in [2.75, 3.05) is 0 Å². The van der Waals surface area contributed by atoms with E-state index < -0.39 is 5.60 Å². The number of amides is 1. The van der Waals surface area contributed by atoms with Gasteiger partial charge in [-0.1, -0.05) is 0 Å². The number of rotatable bonds is 1. The third-order valence-electron chi connectivity index (χ3n) is 2.87. The zero-order chi connectivity index (χ0) is 14.2. The second kappa shape index (κ2) is 4.70. The lowest BCUT2D eigenvalue weighted by Gasteiger charge is -2.23. The highest BCUT2D eigenvalue weighted by Gasteiger charge is 2.28. The van der Waals surface area contributed by atoms with Gasteiger partial charge in [-0.2, -0.15) is 0 Å². The molecule has 0 saturated heterocycles. The Morgan fingerprint density at radius 2 is 2.16 bits per heavy atom. The van der Waals surface area contributed by atoms with Gasteiger partial charge >= 0.3 is 6.09 Å². The van der Waals surface area contributed by atoms with Gasteiger partial charge in [-0.25, -0.2) is 4.79 Å². The van der Waals surface area contributed by atoms with Gasteiger partial charge in [0.15, 0.2) is 0 Å². The fourth-order valence-electron chi connectivity index (χ4n) is 2.00. The van der Waals surface area contributed by atoms with Gasteiger partial charge < -0.3 is 15.5 Å². The summed E-state index contributed by atoms with van der Waals surface area (Å²) in [5, 5.41) is 0. The minimum absolute atomic E-state index is 0.188. The molecule has 0 aromatic carbocycles. The van der Waals surface area contributed by atoms with Gasteiger partial charge in [0.1, 0.15) is 5.60 Å². The summed E-state index contributed by atoms with van der Waals surface area (Å²) in [5.41, 5.74) is 7.00. The summed E-state index contributed by atoms with van der Waals surface area (Å²) < 4.78 is 5.31. The quantitative estimate of drug-likeness (QED) is 0.795. The topological polar surface area (TPSA) is 88.4 Å². The summed E-state index contributed by atoms with van der Waals surface area (Å²) in [6.07, 6.45) is -0.376. The zero-order valence-corrected chi connectivity index (χ0v) is 11.4. The molecule has 2 heterocycles. The molecule has 1 aromatic rings. The summed E-state index contributed by atoms with van der Waals surface area (Å²) in [4.78, 5) is 27.9. The van der Waals surface area contributed by atoms with Crippen LogP contribution in [0, 0.1) is 0 Å². The highest BCUT2D eigenvalue weighted by molar-refractivity contribution is 5.69. The first-order chi connectivity index (χ1) is 8.80. The Hall–Kier alpha value is -1.82. The number of carbonyl (C=O) groups excluding carboxylic acids is 1. The first-order valence-electron chi connectivity index (χ1n) is 6.22. The third-order valence-corrected chi connectivity index (χ3v) is 2.87. The predicted octanol–water partition coefficient (Wildman–Crippen LogP) is 1.08. The average Bonchev–Trinajstić information content (AvgIpc) is 2.68. The molecular formula is C13H19N3O3. The maximum absolute atomic E-state index is 12.0. The van der Waals surface area contributed by atoms with Gasteiger partial charge in [-0.05, 0) is 32.4 Å². The number of nitrogens with two attached hydrogens (primary N) is 1. The fraction of sp³-hybridized carbons (Fsp3) is 0.538. The van der Waals surface area contributed by atoms with Crippen molar-refractivity contribution in [3.05, 3.63) is 33.2 Å². The van der Waals surface area contributed by atoms with Gasteiger partial charge in [0.05, 0.1) is 13.1 Å². The highest BCUT2D eigenvalue weighted by atomic mass is 16.6. The SMILES string of the molecule is CC(C)(C)OC(=O)N1Cc2cc(CN)c(=O)[nH]c2C1. The largest absolute Gasteiger partial charge is 0.444 e. The number of pyridine rings is 1. The Labute approximate surface area is 111 Å². The fourth-order valence-corrected chi connectivity index (χ4v) is 2.00. The van der Waals surface area contributed by atoms with Crippen LogP contribution in [0.25, 0.3) is 0 Å². The van der Waals surface area contributed by atoms with Crippen LogP contribution in [0.1, 0.15) is 37.6 Å². The lowest BCUT2D eigenvalue weighted by atomic mass is 10.1. The number of H-pyrrole nitrogens is 1. The molecule has 6 heteroatoms. The molecule has 0 bridgehead atoms. The summed E-state index contributed by atoms with van der Waals surface area (Å²) in [7, 11) is 0. The van der Waals surface area contributed by atoms with E-state index in [0.29, 0.717) is 18.7 Å². The number of aromatic amines is 1. The Kier molecular flexibility index (Phi) is 3.36. The van der Waals surface area contributed by atoms with Gasteiger partial charge in [0.2, 0.25) is 0 Å². The lowest BCUT2D eigenvalue weighted by Crippen LogP contribution is -2.33. The number of hydrogen-bond donors (Lipinski definition) is 2. The van der Waals surface area contributed by atoms with Crippen LogP contribution in [-0.2, 0) is 24.4 Å². The molecule has 1 aliphatic heterocycles. The minimum Gasteiger partial charge on any atom is -0.444 e. The van der Waals surface area contributed by atoms with Crippen molar-refractivity contribution in [2.45, 2.75) is 46.0 Å². The standard InChI is InChI=1S/C13H19N3O3/c1-13(2,3)19-12(18)16-6-9-4-8(5-14)11(17)15-10(9)7-16/h4H,5-7,14H2,1-3H3,(H,15,17). The van der Waals surface area contributed by atoms with Crippen LogP contribution in [0.3, 0.4) is 0 Å². The maximum Gasteiger partial charge on any atom is 0.410 e. The molecule has 0 unspecified atom stereocenters. The predicted molar refractivity (Wildman–Crippen MR) is 70.4 cm³/mol. The number of nitrogens with one attached hydrogen (secondary N) is 1. The van der Waals surface area contributed by atoms with Crippen molar-refractivity contribution in [3.8, 4) is 0 Å². The van der Waals surface area contributed by atoms with E-state index in [2.05, 4.69) is 4.98 Å². The molecule has 0 fully saturated rings. The van der Waals surface area contributed by atoms with Crippen LogP contribution in [0.4, 0.5) is 4.79 Å².